The van der Waals surface area contributed by atoms with E-state index in [1.807, 2.05) is 5.38 Å². The number of carbonyl (C=O) groups excluding carboxylic acids is 1. The van der Waals surface area contributed by atoms with Gasteiger partial charge in [0.05, 0.1) is 17.9 Å². The Balaban J connectivity index is 2.00. The molecule has 0 spiro atoms. The maximum absolute atomic E-state index is 13.0. The summed E-state index contributed by atoms with van der Waals surface area (Å²) in [5.41, 5.74) is 0.660. The van der Waals surface area contributed by atoms with E-state index >= 15 is 0 Å². The van der Waals surface area contributed by atoms with E-state index in [4.69, 9.17) is 11.6 Å². The molecule has 0 bridgehead atoms. The Bertz CT molecular complexity index is 577. The molecular formula is C12H10ClFN2O2S. The van der Waals surface area contributed by atoms with Crippen molar-refractivity contribution in [3.8, 4) is 0 Å². The Labute approximate surface area is 117 Å². The monoisotopic (exact) mass is 300 g/mol. The molecule has 0 aliphatic carbocycles. The number of hydrogen-bond acceptors (Lipinski definition) is 4. The molecule has 0 aromatic carbocycles. The van der Waals surface area contributed by atoms with Crippen LogP contribution in [0.15, 0.2) is 29.1 Å². The fourth-order valence-electron chi connectivity index (χ4n) is 1.45. The summed E-state index contributed by atoms with van der Waals surface area (Å²) in [5, 5.41) is 15.8. The molecule has 2 aromatic rings. The topological polar surface area (TPSA) is 62.2 Å². The van der Waals surface area contributed by atoms with Gasteiger partial charge in [0.25, 0.3) is 5.91 Å². The maximum atomic E-state index is 13.0. The maximum Gasteiger partial charge on any atom is 0.254 e. The van der Waals surface area contributed by atoms with Crippen LogP contribution in [0.4, 0.5) is 4.39 Å². The quantitative estimate of drug-likeness (QED) is 0.852. The van der Waals surface area contributed by atoms with E-state index in [1.54, 1.807) is 11.4 Å². The van der Waals surface area contributed by atoms with E-state index in [0.717, 1.165) is 12.3 Å². The molecule has 1 unspecified atom stereocenters. The number of thiophene rings is 1. The van der Waals surface area contributed by atoms with Gasteiger partial charge in [0.2, 0.25) is 0 Å². The highest BCUT2D eigenvalue weighted by Crippen LogP contribution is 2.16. The number of pyridine rings is 1. The zero-order chi connectivity index (χ0) is 13.8. The van der Waals surface area contributed by atoms with Crippen molar-refractivity contribution in [2.24, 2.45) is 0 Å². The van der Waals surface area contributed by atoms with Gasteiger partial charge in [-0.05, 0) is 28.5 Å². The van der Waals surface area contributed by atoms with Crippen LogP contribution in [-0.4, -0.2) is 22.5 Å². The fourth-order valence-corrected chi connectivity index (χ4v) is 2.35. The van der Waals surface area contributed by atoms with Crippen molar-refractivity contribution in [3.63, 3.8) is 0 Å². The number of rotatable bonds is 4. The van der Waals surface area contributed by atoms with Gasteiger partial charge < -0.3 is 10.4 Å². The van der Waals surface area contributed by atoms with Crippen molar-refractivity contribution in [2.45, 2.75) is 6.10 Å². The number of carbonyl (C=O) groups is 1. The molecular weight excluding hydrogens is 291 g/mol. The minimum absolute atomic E-state index is 0.0163. The van der Waals surface area contributed by atoms with Gasteiger partial charge in [-0.1, -0.05) is 11.6 Å². The van der Waals surface area contributed by atoms with Gasteiger partial charge in [0, 0.05) is 6.54 Å². The predicted octanol–water partition coefficient (Wildman–Crippen LogP) is 2.40. The molecule has 0 radical (unpaired) electrons. The van der Waals surface area contributed by atoms with Crippen molar-refractivity contribution in [2.75, 3.05) is 6.54 Å². The second kappa shape index (κ2) is 6.10. The second-order valence-corrected chi connectivity index (χ2v) is 4.91. The summed E-state index contributed by atoms with van der Waals surface area (Å²) in [7, 11) is 0. The molecule has 1 atom stereocenters. The third kappa shape index (κ3) is 3.50. The average Bonchev–Trinajstić information content (AvgIpc) is 2.92. The van der Waals surface area contributed by atoms with Crippen LogP contribution in [0, 0.1) is 5.82 Å². The van der Waals surface area contributed by atoms with Crippen LogP contribution in [-0.2, 0) is 0 Å². The summed E-state index contributed by atoms with van der Waals surface area (Å²) in [5.74, 6) is -1.22. The van der Waals surface area contributed by atoms with Crippen molar-refractivity contribution in [1.82, 2.24) is 10.3 Å². The Morgan fingerprint density at radius 3 is 3.11 bits per heavy atom. The van der Waals surface area contributed by atoms with Crippen LogP contribution < -0.4 is 5.32 Å². The molecule has 0 aliphatic rings. The number of nitrogens with zero attached hydrogens (tertiary/aromatic N) is 1. The lowest BCUT2D eigenvalue weighted by Crippen LogP contribution is -2.28. The first-order valence-electron chi connectivity index (χ1n) is 5.37. The van der Waals surface area contributed by atoms with E-state index in [9.17, 15) is 14.3 Å². The minimum atomic E-state index is -0.810. The summed E-state index contributed by atoms with van der Waals surface area (Å²) >= 11 is 7.16. The van der Waals surface area contributed by atoms with Crippen molar-refractivity contribution in [3.05, 3.63) is 51.2 Å². The average molecular weight is 301 g/mol. The van der Waals surface area contributed by atoms with Crippen LogP contribution in [0.3, 0.4) is 0 Å². The number of nitrogens with one attached hydrogen (secondary N) is 1. The van der Waals surface area contributed by atoms with E-state index in [2.05, 4.69) is 10.3 Å². The largest absolute Gasteiger partial charge is 0.387 e. The minimum Gasteiger partial charge on any atom is -0.387 e. The van der Waals surface area contributed by atoms with E-state index < -0.39 is 17.8 Å². The van der Waals surface area contributed by atoms with Gasteiger partial charge in [-0.3, -0.25) is 4.79 Å². The molecule has 2 rings (SSSR count). The molecule has 7 heteroatoms. The van der Waals surface area contributed by atoms with Gasteiger partial charge in [0.15, 0.2) is 0 Å². The second-order valence-electron chi connectivity index (χ2n) is 3.77. The normalized spacial score (nSPS) is 12.2. The highest BCUT2D eigenvalue weighted by atomic mass is 35.5. The number of halogens is 2. The number of amides is 1. The molecule has 1 amide bonds. The summed E-state index contributed by atoms with van der Waals surface area (Å²) in [6.07, 6.45) is 0.120. The number of aliphatic hydroxyl groups excluding tert-OH is 1. The third-order valence-corrected chi connectivity index (χ3v) is 3.44. The SMILES string of the molecule is O=C(NCC(O)c1ccsc1)c1cc(F)cnc1Cl. The van der Waals surface area contributed by atoms with Crippen LogP contribution >= 0.6 is 22.9 Å². The lowest BCUT2D eigenvalue weighted by molar-refractivity contribution is 0.0916. The van der Waals surface area contributed by atoms with Crippen LogP contribution in [0.1, 0.15) is 22.0 Å². The van der Waals surface area contributed by atoms with E-state index in [-0.39, 0.29) is 17.3 Å². The first-order valence-corrected chi connectivity index (χ1v) is 6.69. The molecule has 0 saturated heterocycles. The van der Waals surface area contributed by atoms with Crippen molar-refractivity contribution >= 4 is 28.8 Å². The lowest BCUT2D eigenvalue weighted by Gasteiger charge is -2.11. The van der Waals surface area contributed by atoms with Crippen molar-refractivity contribution in [1.29, 1.82) is 0 Å². The molecule has 0 fully saturated rings. The van der Waals surface area contributed by atoms with Gasteiger partial charge in [-0.15, -0.1) is 0 Å². The Morgan fingerprint density at radius 1 is 1.63 bits per heavy atom. The van der Waals surface area contributed by atoms with Crippen LogP contribution in [0.25, 0.3) is 0 Å². The van der Waals surface area contributed by atoms with Crippen LogP contribution in [0.2, 0.25) is 5.15 Å². The van der Waals surface area contributed by atoms with Gasteiger partial charge in [-0.25, -0.2) is 9.37 Å². The molecule has 4 nitrogen and oxygen atoms in total. The summed E-state index contributed by atoms with van der Waals surface area (Å²) < 4.78 is 13.0. The zero-order valence-electron chi connectivity index (χ0n) is 9.64. The van der Waals surface area contributed by atoms with Crippen LogP contribution in [0.5, 0.6) is 0 Å². The molecule has 2 aromatic heterocycles. The molecule has 0 aliphatic heterocycles. The highest BCUT2D eigenvalue weighted by molar-refractivity contribution is 7.07. The Hall–Kier alpha value is -1.50. The van der Waals surface area contributed by atoms with Gasteiger partial charge in [-0.2, -0.15) is 11.3 Å². The molecule has 0 saturated carbocycles. The number of aliphatic hydroxyl groups is 1. The summed E-state index contributed by atoms with van der Waals surface area (Å²) in [6.45, 7) is 0.0163. The first-order chi connectivity index (χ1) is 9.08. The summed E-state index contributed by atoms with van der Waals surface area (Å²) in [6, 6.07) is 2.76. The van der Waals surface area contributed by atoms with E-state index in [1.165, 1.54) is 11.3 Å². The first kappa shape index (κ1) is 13.9. The Kier molecular flexibility index (Phi) is 4.47. The van der Waals surface area contributed by atoms with Gasteiger partial charge in [0.1, 0.15) is 11.0 Å². The lowest BCUT2D eigenvalue weighted by atomic mass is 10.2. The third-order valence-electron chi connectivity index (χ3n) is 2.43. The van der Waals surface area contributed by atoms with Crippen molar-refractivity contribution < 1.29 is 14.3 Å². The zero-order valence-corrected chi connectivity index (χ0v) is 11.2. The molecule has 2 N–H and O–H groups in total. The number of aromatic nitrogens is 1. The molecule has 100 valence electrons. The standard InChI is InChI=1S/C12H10ClFN2O2S/c13-11-9(3-8(14)4-15-11)12(18)16-5-10(17)7-1-2-19-6-7/h1-4,6,10,17H,5H2,(H,16,18). The van der Waals surface area contributed by atoms with Gasteiger partial charge >= 0.3 is 0 Å². The smallest absolute Gasteiger partial charge is 0.254 e. The van der Waals surface area contributed by atoms with E-state index in [0.29, 0.717) is 5.56 Å². The predicted molar refractivity (Wildman–Crippen MR) is 70.8 cm³/mol. The fraction of sp³-hybridized carbons (Fsp3) is 0.167. The number of hydrogen-bond donors (Lipinski definition) is 2. The molecule has 19 heavy (non-hydrogen) atoms. The molecule has 2 heterocycles. The highest BCUT2D eigenvalue weighted by Gasteiger charge is 2.15. The summed E-state index contributed by atoms with van der Waals surface area (Å²) in [4.78, 5) is 15.3. The Morgan fingerprint density at radius 2 is 2.42 bits per heavy atom.